The molecule has 0 atom stereocenters. The van der Waals surface area contributed by atoms with Crippen LogP contribution in [0.3, 0.4) is 0 Å². The number of carbonyl (C=O) groups is 1. The summed E-state index contributed by atoms with van der Waals surface area (Å²) in [5, 5.41) is 5.34. The molecular formula is C25H20Cl3N5O. The van der Waals surface area contributed by atoms with Gasteiger partial charge in [0.15, 0.2) is 5.82 Å². The van der Waals surface area contributed by atoms with Crippen LogP contribution in [0.1, 0.15) is 0 Å². The van der Waals surface area contributed by atoms with E-state index in [9.17, 15) is 4.79 Å². The van der Waals surface area contributed by atoms with E-state index in [0.29, 0.717) is 52.8 Å². The summed E-state index contributed by atoms with van der Waals surface area (Å²) in [5.41, 5.74) is 2.25. The van der Waals surface area contributed by atoms with Crippen LogP contribution in [-0.4, -0.2) is 47.1 Å². The topological polar surface area (TPSA) is 61.4 Å². The Kier molecular flexibility index (Phi) is 6.46. The van der Waals surface area contributed by atoms with Gasteiger partial charge in [-0.15, -0.1) is 0 Å². The number of urea groups is 1. The van der Waals surface area contributed by atoms with Crippen molar-refractivity contribution in [1.29, 1.82) is 0 Å². The molecular weight excluding hydrogens is 493 g/mol. The fourth-order valence-corrected chi connectivity index (χ4v) is 4.57. The van der Waals surface area contributed by atoms with Gasteiger partial charge in [0.25, 0.3) is 0 Å². The zero-order chi connectivity index (χ0) is 23.7. The number of fused-ring (bicyclic) bond motifs is 1. The van der Waals surface area contributed by atoms with E-state index in [2.05, 4.69) is 10.2 Å². The van der Waals surface area contributed by atoms with Crippen LogP contribution in [0, 0.1) is 0 Å². The Morgan fingerprint density at radius 3 is 2.26 bits per heavy atom. The molecule has 0 aliphatic carbocycles. The number of piperazine rings is 1. The van der Waals surface area contributed by atoms with Gasteiger partial charge in [-0.1, -0.05) is 65.1 Å². The van der Waals surface area contributed by atoms with E-state index in [1.54, 1.807) is 23.1 Å². The number of hydrogen-bond acceptors (Lipinski definition) is 4. The molecule has 2 heterocycles. The normalized spacial score (nSPS) is 13.9. The zero-order valence-electron chi connectivity index (χ0n) is 18.0. The molecule has 1 aliphatic heterocycles. The first-order valence-electron chi connectivity index (χ1n) is 10.8. The first-order valence-corrected chi connectivity index (χ1v) is 11.9. The van der Waals surface area contributed by atoms with Gasteiger partial charge >= 0.3 is 6.03 Å². The summed E-state index contributed by atoms with van der Waals surface area (Å²) < 4.78 is 0. The maximum atomic E-state index is 12.8. The second-order valence-electron chi connectivity index (χ2n) is 7.93. The van der Waals surface area contributed by atoms with Crippen LogP contribution < -0.4 is 10.2 Å². The monoisotopic (exact) mass is 511 g/mol. The fourth-order valence-electron chi connectivity index (χ4n) is 3.95. The van der Waals surface area contributed by atoms with E-state index >= 15 is 0 Å². The predicted octanol–water partition coefficient (Wildman–Crippen LogP) is 6.61. The summed E-state index contributed by atoms with van der Waals surface area (Å²) in [5.74, 6) is 1.48. The Balaban J connectivity index is 1.37. The molecule has 5 rings (SSSR count). The van der Waals surface area contributed by atoms with Crippen molar-refractivity contribution in [2.45, 2.75) is 0 Å². The summed E-state index contributed by atoms with van der Waals surface area (Å²) in [6.45, 7) is 2.34. The Morgan fingerprint density at radius 1 is 0.824 bits per heavy atom. The average molecular weight is 513 g/mol. The summed E-state index contributed by atoms with van der Waals surface area (Å²) in [4.78, 5) is 26.4. The van der Waals surface area contributed by atoms with E-state index in [1.165, 1.54) is 0 Å². The van der Waals surface area contributed by atoms with Crippen molar-refractivity contribution >= 4 is 63.2 Å². The molecule has 1 N–H and O–H groups in total. The molecule has 0 bridgehead atoms. The minimum atomic E-state index is -0.201. The van der Waals surface area contributed by atoms with Gasteiger partial charge in [0, 0.05) is 47.2 Å². The average Bonchev–Trinajstić information content (AvgIpc) is 2.85. The number of carbonyl (C=O) groups excluding carboxylic acids is 1. The highest BCUT2D eigenvalue weighted by atomic mass is 35.5. The molecule has 9 heteroatoms. The predicted molar refractivity (Wildman–Crippen MR) is 139 cm³/mol. The number of anilines is 2. The highest BCUT2D eigenvalue weighted by Crippen LogP contribution is 2.30. The Hall–Kier alpha value is -3.06. The molecule has 0 radical (unpaired) electrons. The van der Waals surface area contributed by atoms with E-state index in [0.717, 1.165) is 22.3 Å². The van der Waals surface area contributed by atoms with Crippen molar-refractivity contribution in [1.82, 2.24) is 14.9 Å². The van der Waals surface area contributed by atoms with E-state index in [1.807, 2.05) is 48.5 Å². The molecule has 1 fully saturated rings. The number of benzene rings is 3. The Bertz CT molecular complexity index is 1360. The van der Waals surface area contributed by atoms with Crippen LogP contribution in [0.5, 0.6) is 0 Å². The van der Waals surface area contributed by atoms with Crippen molar-refractivity contribution in [2.24, 2.45) is 0 Å². The maximum absolute atomic E-state index is 12.8. The molecule has 34 heavy (non-hydrogen) atoms. The van der Waals surface area contributed by atoms with Crippen molar-refractivity contribution in [2.75, 3.05) is 36.4 Å². The van der Waals surface area contributed by atoms with E-state index in [-0.39, 0.29) is 6.03 Å². The van der Waals surface area contributed by atoms with Crippen molar-refractivity contribution in [3.63, 3.8) is 0 Å². The minimum Gasteiger partial charge on any atom is -0.352 e. The molecule has 0 unspecified atom stereocenters. The minimum absolute atomic E-state index is 0.201. The van der Waals surface area contributed by atoms with Crippen molar-refractivity contribution in [3.05, 3.63) is 81.8 Å². The van der Waals surface area contributed by atoms with Crippen LogP contribution >= 0.6 is 34.8 Å². The lowest BCUT2D eigenvalue weighted by Crippen LogP contribution is -2.50. The molecule has 1 saturated heterocycles. The first-order chi connectivity index (χ1) is 16.5. The number of aromatic nitrogens is 2. The molecule has 0 saturated carbocycles. The lowest BCUT2D eigenvalue weighted by molar-refractivity contribution is 0.208. The van der Waals surface area contributed by atoms with Crippen LogP contribution in [0.25, 0.3) is 22.3 Å². The number of rotatable bonds is 3. The van der Waals surface area contributed by atoms with Crippen LogP contribution in [0.15, 0.2) is 66.7 Å². The number of nitrogens with zero attached hydrogens (tertiary/aromatic N) is 4. The molecule has 6 nitrogen and oxygen atoms in total. The molecule has 0 spiro atoms. The van der Waals surface area contributed by atoms with Crippen molar-refractivity contribution < 1.29 is 4.79 Å². The molecule has 4 aromatic rings. The molecule has 2 amide bonds. The van der Waals surface area contributed by atoms with Gasteiger partial charge in [-0.05, 0) is 36.4 Å². The lowest BCUT2D eigenvalue weighted by Gasteiger charge is -2.36. The van der Waals surface area contributed by atoms with Gasteiger partial charge < -0.3 is 15.1 Å². The third-order valence-corrected chi connectivity index (χ3v) is 6.49. The van der Waals surface area contributed by atoms with Crippen LogP contribution in [0.4, 0.5) is 16.3 Å². The second-order valence-corrected chi connectivity index (χ2v) is 9.21. The number of nitrogens with one attached hydrogen (secondary N) is 1. The summed E-state index contributed by atoms with van der Waals surface area (Å²) in [6, 6.07) is 20.3. The zero-order valence-corrected chi connectivity index (χ0v) is 20.3. The van der Waals surface area contributed by atoms with Crippen LogP contribution in [-0.2, 0) is 0 Å². The van der Waals surface area contributed by atoms with E-state index in [4.69, 9.17) is 44.8 Å². The summed E-state index contributed by atoms with van der Waals surface area (Å²) in [6.07, 6.45) is 0. The highest BCUT2D eigenvalue weighted by molar-refractivity contribution is 6.36. The Morgan fingerprint density at radius 2 is 1.53 bits per heavy atom. The smallest absolute Gasteiger partial charge is 0.322 e. The maximum Gasteiger partial charge on any atom is 0.322 e. The second kappa shape index (κ2) is 9.66. The molecule has 172 valence electrons. The standard InChI is InChI=1S/C25H20Cl3N5O/c26-17-7-9-21(20(28)14-17)30-25(34)33-12-10-32(11-13-33)24-19-8-6-18(27)15-22(19)29-23(31-24)16-4-2-1-3-5-16/h1-9,14-15H,10-13H2,(H,30,34). The highest BCUT2D eigenvalue weighted by Gasteiger charge is 2.24. The lowest BCUT2D eigenvalue weighted by atomic mass is 10.1. The fraction of sp³-hybridized carbons (Fsp3) is 0.160. The molecule has 1 aliphatic rings. The van der Waals surface area contributed by atoms with E-state index < -0.39 is 0 Å². The van der Waals surface area contributed by atoms with Gasteiger partial charge in [0.2, 0.25) is 0 Å². The van der Waals surface area contributed by atoms with Crippen LogP contribution in [0.2, 0.25) is 15.1 Å². The largest absolute Gasteiger partial charge is 0.352 e. The molecule has 1 aromatic heterocycles. The third kappa shape index (κ3) is 4.75. The van der Waals surface area contributed by atoms with Gasteiger partial charge in [-0.2, -0.15) is 0 Å². The van der Waals surface area contributed by atoms with Gasteiger partial charge in [0.1, 0.15) is 5.82 Å². The Labute approximate surface area is 212 Å². The van der Waals surface area contributed by atoms with Gasteiger partial charge in [-0.25, -0.2) is 14.8 Å². The third-order valence-electron chi connectivity index (χ3n) is 5.71. The first kappa shape index (κ1) is 22.7. The van der Waals surface area contributed by atoms with Gasteiger partial charge in [0.05, 0.1) is 16.2 Å². The van der Waals surface area contributed by atoms with Crippen molar-refractivity contribution in [3.8, 4) is 11.4 Å². The summed E-state index contributed by atoms with van der Waals surface area (Å²) >= 11 is 18.4. The number of amides is 2. The quantitative estimate of drug-likeness (QED) is 0.335. The SMILES string of the molecule is O=C(Nc1ccc(Cl)cc1Cl)N1CCN(c2nc(-c3ccccc3)nc3cc(Cl)ccc23)CC1. The molecule has 3 aromatic carbocycles. The van der Waals surface area contributed by atoms with Gasteiger partial charge in [-0.3, -0.25) is 0 Å². The summed E-state index contributed by atoms with van der Waals surface area (Å²) in [7, 11) is 0. The number of halogens is 3. The number of hydrogen-bond donors (Lipinski definition) is 1.